The Morgan fingerprint density at radius 2 is 2.40 bits per heavy atom. The van der Waals surface area contributed by atoms with E-state index in [1.54, 1.807) is 13.3 Å². The van der Waals surface area contributed by atoms with Crippen molar-refractivity contribution in [2.24, 2.45) is 0 Å². The number of anilines is 1. The van der Waals surface area contributed by atoms with E-state index in [1.165, 1.54) is 4.68 Å². The lowest BCUT2D eigenvalue weighted by Gasteiger charge is -2.18. The molecular weight excluding hydrogens is 324 g/mol. The summed E-state index contributed by atoms with van der Waals surface area (Å²) in [5.41, 5.74) is 0.648. The van der Waals surface area contributed by atoms with Crippen LogP contribution in [0.5, 0.6) is 0 Å². The first kappa shape index (κ1) is 15.5. The van der Waals surface area contributed by atoms with Gasteiger partial charge in [-0.25, -0.2) is 4.68 Å². The summed E-state index contributed by atoms with van der Waals surface area (Å²) in [6.45, 7) is 3.01. The van der Waals surface area contributed by atoms with Crippen LogP contribution in [0.4, 0.5) is 5.69 Å². The van der Waals surface area contributed by atoms with Gasteiger partial charge in [-0.15, -0.1) is 0 Å². The third kappa shape index (κ3) is 4.04. The zero-order valence-corrected chi connectivity index (χ0v) is 13.3. The van der Waals surface area contributed by atoms with Gasteiger partial charge in [0.15, 0.2) is 0 Å². The number of hydrogen-bond acceptors (Lipinski definition) is 5. The third-order valence-electron chi connectivity index (χ3n) is 3.43. The Morgan fingerprint density at radius 3 is 3.20 bits per heavy atom. The molecule has 0 aromatic carbocycles. The predicted octanol–water partition coefficient (Wildman–Crippen LogP) is 1.21. The molecule has 1 aromatic rings. The summed E-state index contributed by atoms with van der Waals surface area (Å²) in [5, 5.41) is 11.0. The van der Waals surface area contributed by atoms with Crippen LogP contribution in [0.2, 0.25) is 0 Å². The smallest absolute Gasteiger partial charge is 0.283 e. The Morgan fingerprint density at radius 1 is 1.55 bits per heavy atom. The molecule has 0 saturated carbocycles. The van der Waals surface area contributed by atoms with Gasteiger partial charge in [0.05, 0.1) is 25.0 Å². The molecule has 1 aromatic heterocycles. The van der Waals surface area contributed by atoms with E-state index in [0.717, 1.165) is 38.0 Å². The van der Waals surface area contributed by atoms with Crippen molar-refractivity contribution in [3.63, 3.8) is 0 Å². The summed E-state index contributed by atoms with van der Waals surface area (Å²) in [7, 11) is 1.61. The Balaban J connectivity index is 2.08. The molecule has 1 saturated heterocycles. The number of hydrogen-bond donors (Lipinski definition) is 2. The second-order valence-corrected chi connectivity index (χ2v) is 5.71. The van der Waals surface area contributed by atoms with Crippen LogP contribution in [0.15, 0.2) is 15.5 Å². The van der Waals surface area contributed by atoms with Crippen LogP contribution in [-0.4, -0.2) is 42.6 Å². The van der Waals surface area contributed by atoms with Crippen LogP contribution in [0.3, 0.4) is 0 Å². The minimum Gasteiger partial charge on any atom is -0.383 e. The number of nitrogens with zero attached hydrogens (tertiary/aromatic N) is 2. The van der Waals surface area contributed by atoms with Crippen molar-refractivity contribution >= 4 is 21.6 Å². The average Bonchev–Trinajstić information content (AvgIpc) is 2.72. The summed E-state index contributed by atoms with van der Waals surface area (Å²) < 4.78 is 6.92. The van der Waals surface area contributed by atoms with Gasteiger partial charge in [-0.2, -0.15) is 5.10 Å². The van der Waals surface area contributed by atoms with E-state index in [0.29, 0.717) is 23.7 Å². The molecular formula is C13H21BrN4O2. The van der Waals surface area contributed by atoms with Crippen LogP contribution < -0.4 is 16.2 Å². The van der Waals surface area contributed by atoms with Crippen molar-refractivity contribution in [3.8, 4) is 0 Å². The zero-order chi connectivity index (χ0) is 14.4. The van der Waals surface area contributed by atoms with Gasteiger partial charge in [0.2, 0.25) is 0 Å². The molecule has 1 fully saturated rings. The lowest BCUT2D eigenvalue weighted by molar-refractivity contribution is 0.181. The first-order valence-electron chi connectivity index (χ1n) is 6.94. The zero-order valence-electron chi connectivity index (χ0n) is 11.7. The second kappa shape index (κ2) is 7.75. The predicted molar refractivity (Wildman–Crippen MR) is 82.2 cm³/mol. The third-order valence-corrected chi connectivity index (χ3v) is 4.19. The van der Waals surface area contributed by atoms with Gasteiger partial charge >= 0.3 is 0 Å². The summed E-state index contributed by atoms with van der Waals surface area (Å²) in [6.07, 6.45) is 5.01. The average molecular weight is 345 g/mol. The maximum absolute atomic E-state index is 12.2. The minimum atomic E-state index is -0.126. The molecule has 1 aliphatic rings. The molecule has 0 bridgehead atoms. The molecule has 0 radical (unpaired) electrons. The van der Waals surface area contributed by atoms with Crippen molar-refractivity contribution in [1.82, 2.24) is 15.1 Å². The van der Waals surface area contributed by atoms with Gasteiger partial charge in [0, 0.05) is 13.2 Å². The van der Waals surface area contributed by atoms with Gasteiger partial charge in [-0.1, -0.05) is 0 Å². The molecule has 1 atom stereocenters. The molecule has 7 heteroatoms. The normalized spacial score (nSPS) is 19.6. The van der Waals surface area contributed by atoms with E-state index in [4.69, 9.17) is 4.74 Å². The summed E-state index contributed by atoms with van der Waals surface area (Å²) in [4.78, 5) is 12.2. The lowest BCUT2D eigenvalue weighted by Crippen LogP contribution is -2.28. The summed E-state index contributed by atoms with van der Waals surface area (Å²) in [6, 6.07) is 0.386. The number of ether oxygens (including phenoxy) is 1. The number of rotatable bonds is 5. The number of aromatic nitrogens is 2. The van der Waals surface area contributed by atoms with Gasteiger partial charge in [0.1, 0.15) is 4.47 Å². The molecule has 1 unspecified atom stereocenters. The van der Waals surface area contributed by atoms with Crippen molar-refractivity contribution in [1.29, 1.82) is 0 Å². The topological polar surface area (TPSA) is 68.2 Å². The van der Waals surface area contributed by atoms with Gasteiger partial charge in [-0.3, -0.25) is 4.79 Å². The molecule has 0 spiro atoms. The van der Waals surface area contributed by atoms with E-state index >= 15 is 0 Å². The van der Waals surface area contributed by atoms with Crippen LogP contribution in [0.25, 0.3) is 0 Å². The highest BCUT2D eigenvalue weighted by Gasteiger charge is 2.15. The molecule has 0 aliphatic carbocycles. The van der Waals surface area contributed by atoms with Crippen LogP contribution in [0, 0.1) is 0 Å². The second-order valence-electron chi connectivity index (χ2n) is 4.92. The van der Waals surface area contributed by atoms with E-state index in [1.807, 2.05) is 0 Å². The van der Waals surface area contributed by atoms with Crippen LogP contribution in [-0.2, 0) is 11.3 Å². The number of methoxy groups -OCH3 is 1. The van der Waals surface area contributed by atoms with E-state index < -0.39 is 0 Å². The van der Waals surface area contributed by atoms with Crippen molar-refractivity contribution < 1.29 is 4.74 Å². The number of halogens is 1. The molecule has 6 nitrogen and oxygen atoms in total. The molecule has 2 heterocycles. The largest absolute Gasteiger partial charge is 0.383 e. The molecule has 112 valence electrons. The first-order chi connectivity index (χ1) is 9.72. The maximum atomic E-state index is 12.2. The summed E-state index contributed by atoms with van der Waals surface area (Å²) in [5.74, 6) is 0. The van der Waals surface area contributed by atoms with Crippen LogP contribution in [0.1, 0.15) is 19.3 Å². The highest BCUT2D eigenvalue weighted by atomic mass is 79.9. The SMILES string of the molecule is COCCn1ncc(NC2CCCNCC2)c(Br)c1=O. The van der Waals surface area contributed by atoms with Gasteiger partial charge in [0.25, 0.3) is 5.56 Å². The van der Waals surface area contributed by atoms with E-state index in [2.05, 4.69) is 31.7 Å². The quantitative estimate of drug-likeness (QED) is 0.840. The molecule has 2 rings (SSSR count). The highest BCUT2D eigenvalue weighted by Crippen LogP contribution is 2.20. The molecule has 0 amide bonds. The Bertz CT molecular complexity index is 484. The Hall–Kier alpha value is -0.920. The number of nitrogens with one attached hydrogen (secondary N) is 2. The van der Waals surface area contributed by atoms with Crippen molar-refractivity contribution in [2.75, 3.05) is 32.1 Å². The molecule has 2 N–H and O–H groups in total. The fourth-order valence-electron chi connectivity index (χ4n) is 2.29. The standard InChI is InChI=1S/C13H21BrN4O2/c1-20-8-7-18-13(19)12(14)11(9-16-18)17-10-3-2-5-15-6-4-10/h9-10,15,17H,2-8H2,1H3. The Kier molecular flexibility index (Phi) is 6.00. The van der Waals surface area contributed by atoms with Crippen molar-refractivity contribution in [3.05, 3.63) is 21.0 Å². The molecule has 1 aliphatic heterocycles. The minimum absolute atomic E-state index is 0.126. The van der Waals surface area contributed by atoms with Crippen LogP contribution >= 0.6 is 15.9 Å². The summed E-state index contributed by atoms with van der Waals surface area (Å²) >= 11 is 3.38. The Labute approximate surface area is 127 Å². The highest BCUT2D eigenvalue weighted by molar-refractivity contribution is 9.10. The molecule has 20 heavy (non-hydrogen) atoms. The van der Waals surface area contributed by atoms with Gasteiger partial charge in [-0.05, 0) is 48.3 Å². The van der Waals surface area contributed by atoms with Gasteiger partial charge < -0.3 is 15.4 Å². The lowest BCUT2D eigenvalue weighted by atomic mass is 10.1. The fraction of sp³-hybridized carbons (Fsp3) is 0.692. The van der Waals surface area contributed by atoms with Crippen molar-refractivity contribution in [2.45, 2.75) is 31.8 Å². The van der Waals surface area contributed by atoms with E-state index in [-0.39, 0.29) is 5.56 Å². The fourth-order valence-corrected chi connectivity index (χ4v) is 2.71. The monoisotopic (exact) mass is 344 g/mol. The maximum Gasteiger partial charge on any atom is 0.283 e. The van der Waals surface area contributed by atoms with E-state index in [9.17, 15) is 4.79 Å². The first-order valence-corrected chi connectivity index (χ1v) is 7.73.